The predicted molar refractivity (Wildman–Crippen MR) is 153 cm³/mol. The van der Waals surface area contributed by atoms with Gasteiger partial charge < -0.3 is 24.6 Å². The highest BCUT2D eigenvalue weighted by Crippen LogP contribution is 2.32. The van der Waals surface area contributed by atoms with Crippen molar-refractivity contribution < 1.29 is 23.9 Å². The van der Waals surface area contributed by atoms with Crippen molar-refractivity contribution in [2.24, 2.45) is 0 Å². The molecule has 1 N–H and O–H groups in total. The molecule has 3 aromatic carbocycles. The van der Waals surface area contributed by atoms with Crippen molar-refractivity contribution in [3.05, 3.63) is 95.6 Å². The van der Waals surface area contributed by atoms with Crippen molar-refractivity contribution in [3.63, 3.8) is 0 Å². The van der Waals surface area contributed by atoms with Crippen LogP contribution in [0.15, 0.2) is 78.9 Å². The van der Waals surface area contributed by atoms with Gasteiger partial charge in [-0.3, -0.25) is 14.6 Å². The van der Waals surface area contributed by atoms with Crippen molar-refractivity contribution in [1.82, 2.24) is 25.1 Å². The van der Waals surface area contributed by atoms with Gasteiger partial charge >= 0.3 is 6.03 Å². The van der Waals surface area contributed by atoms with Crippen LogP contribution in [0.2, 0.25) is 0 Å². The summed E-state index contributed by atoms with van der Waals surface area (Å²) in [5.41, 5.74) is 2.80. The van der Waals surface area contributed by atoms with Gasteiger partial charge in [0.25, 0.3) is 0 Å². The molecule has 41 heavy (non-hydrogen) atoms. The van der Waals surface area contributed by atoms with Crippen molar-refractivity contribution in [2.75, 3.05) is 34.4 Å². The number of rotatable bonds is 9. The van der Waals surface area contributed by atoms with E-state index in [9.17, 15) is 14.4 Å². The van der Waals surface area contributed by atoms with E-state index in [1.54, 1.807) is 36.1 Å². The number of amides is 4. The monoisotopic (exact) mass is 557 g/mol. The third kappa shape index (κ3) is 5.97. The number of hydrogen-bond acceptors (Lipinski definition) is 6. The minimum absolute atomic E-state index is 0.00267. The zero-order chi connectivity index (χ0) is 28.9. The molecule has 0 bridgehead atoms. The van der Waals surface area contributed by atoms with Gasteiger partial charge in [0.15, 0.2) is 11.5 Å². The summed E-state index contributed by atoms with van der Waals surface area (Å²) in [4.78, 5) is 43.9. The van der Waals surface area contributed by atoms with Crippen LogP contribution in [0.5, 0.6) is 11.5 Å². The maximum atomic E-state index is 13.9. The minimum Gasteiger partial charge on any atom is -0.493 e. The predicted octanol–water partition coefficient (Wildman–Crippen LogP) is 2.88. The van der Waals surface area contributed by atoms with Crippen molar-refractivity contribution >= 4 is 17.8 Å². The highest BCUT2D eigenvalue weighted by atomic mass is 16.5. The summed E-state index contributed by atoms with van der Waals surface area (Å²) in [7, 11) is 4.80. The van der Waals surface area contributed by atoms with E-state index in [1.807, 2.05) is 78.9 Å². The summed E-state index contributed by atoms with van der Waals surface area (Å²) in [6.07, 6.45) is -0.121. The number of benzene rings is 3. The number of fused-ring (bicyclic) bond motifs is 1. The zero-order valence-corrected chi connectivity index (χ0v) is 23.5. The van der Waals surface area contributed by atoms with Crippen molar-refractivity contribution in [3.8, 4) is 11.5 Å². The Morgan fingerprint density at radius 1 is 0.902 bits per heavy atom. The molecule has 4 amide bonds. The van der Waals surface area contributed by atoms with E-state index in [4.69, 9.17) is 9.47 Å². The molecule has 2 atom stereocenters. The second-order valence-electron chi connectivity index (χ2n) is 10.2. The lowest BCUT2D eigenvalue weighted by molar-refractivity contribution is -0.157. The normalized spacial score (nSPS) is 18.7. The maximum absolute atomic E-state index is 13.9. The molecular weight excluding hydrogens is 522 g/mol. The summed E-state index contributed by atoms with van der Waals surface area (Å²) in [5, 5.41) is 6.13. The average molecular weight is 558 g/mol. The van der Waals surface area contributed by atoms with Gasteiger partial charge in [0.2, 0.25) is 11.8 Å². The fraction of sp³-hybridized carbons (Fsp3) is 0.323. The highest BCUT2D eigenvalue weighted by Gasteiger charge is 2.51. The lowest BCUT2D eigenvalue weighted by atomic mass is 10.00. The van der Waals surface area contributed by atoms with Gasteiger partial charge in [-0.2, -0.15) is 5.01 Å². The third-order valence-corrected chi connectivity index (χ3v) is 7.63. The van der Waals surface area contributed by atoms with Gasteiger partial charge in [-0.1, -0.05) is 66.7 Å². The van der Waals surface area contributed by atoms with Gasteiger partial charge in [0.1, 0.15) is 12.2 Å². The van der Waals surface area contributed by atoms with E-state index >= 15 is 0 Å². The molecule has 0 aliphatic carbocycles. The number of nitrogens with one attached hydrogen (secondary N) is 1. The molecule has 2 saturated heterocycles. The molecule has 214 valence electrons. The number of piperazine rings is 1. The number of carbonyl (C=O) groups is 3. The molecular formula is C31H35N5O5. The van der Waals surface area contributed by atoms with E-state index in [1.165, 1.54) is 5.01 Å². The van der Waals surface area contributed by atoms with Crippen LogP contribution in [0.3, 0.4) is 0 Å². The van der Waals surface area contributed by atoms with Gasteiger partial charge in [-0.05, 0) is 28.8 Å². The van der Waals surface area contributed by atoms with Gasteiger partial charge in [-0.25, -0.2) is 4.79 Å². The quantitative estimate of drug-likeness (QED) is 0.435. The Balaban J connectivity index is 1.40. The molecule has 0 unspecified atom stereocenters. The number of hydrazine groups is 1. The Bertz CT molecular complexity index is 1390. The molecule has 2 aliphatic heterocycles. The number of nitrogens with zero attached hydrogens (tertiary/aromatic N) is 4. The molecule has 2 heterocycles. The zero-order valence-electron chi connectivity index (χ0n) is 23.5. The molecule has 2 fully saturated rings. The molecule has 5 rings (SSSR count). The molecule has 0 radical (unpaired) electrons. The molecule has 0 spiro atoms. The molecule has 0 saturated carbocycles. The fourth-order valence-electron chi connectivity index (χ4n) is 5.49. The molecule has 2 aliphatic rings. The van der Waals surface area contributed by atoms with Crippen LogP contribution in [0.25, 0.3) is 0 Å². The van der Waals surface area contributed by atoms with Crippen LogP contribution in [-0.2, 0) is 29.1 Å². The van der Waals surface area contributed by atoms with Gasteiger partial charge in [0, 0.05) is 26.6 Å². The Morgan fingerprint density at radius 2 is 1.56 bits per heavy atom. The average Bonchev–Trinajstić information content (AvgIpc) is 3.33. The van der Waals surface area contributed by atoms with E-state index in [0.717, 1.165) is 16.7 Å². The Labute approximate surface area is 240 Å². The SMILES string of the molecule is COc1ccc(CN2C[C@H]3N(C(=O)CN3N(C)C(=O)NCc3ccccc3)[C@@H](Cc3ccccc3)C2=O)cc1OC. The number of methoxy groups -OCH3 is 2. The second-order valence-corrected chi connectivity index (χ2v) is 10.2. The van der Waals surface area contributed by atoms with Crippen LogP contribution in [0.1, 0.15) is 16.7 Å². The van der Waals surface area contributed by atoms with E-state index < -0.39 is 12.2 Å². The van der Waals surface area contributed by atoms with Gasteiger partial charge in [-0.15, -0.1) is 0 Å². The number of ether oxygens (including phenoxy) is 2. The minimum atomic E-state index is -0.699. The summed E-state index contributed by atoms with van der Waals surface area (Å²) < 4.78 is 10.8. The first-order chi connectivity index (χ1) is 19.9. The molecule has 3 aromatic rings. The van der Waals surface area contributed by atoms with Crippen LogP contribution >= 0.6 is 0 Å². The first kappa shape index (κ1) is 28.0. The largest absolute Gasteiger partial charge is 0.493 e. The van der Waals surface area contributed by atoms with Crippen LogP contribution in [0, 0.1) is 0 Å². The first-order valence-electron chi connectivity index (χ1n) is 13.6. The topological polar surface area (TPSA) is 94.7 Å². The number of carbonyl (C=O) groups excluding carboxylic acids is 3. The third-order valence-electron chi connectivity index (χ3n) is 7.63. The summed E-state index contributed by atoms with van der Waals surface area (Å²) in [6, 6.07) is 23.8. The lowest BCUT2D eigenvalue weighted by Gasteiger charge is -2.45. The Hall–Kier alpha value is -4.57. The van der Waals surface area contributed by atoms with Crippen molar-refractivity contribution in [1.29, 1.82) is 0 Å². The van der Waals surface area contributed by atoms with Gasteiger partial charge in [0.05, 0.1) is 27.3 Å². The summed E-state index contributed by atoms with van der Waals surface area (Å²) in [6.45, 7) is 0.935. The smallest absolute Gasteiger partial charge is 0.332 e. The van der Waals surface area contributed by atoms with E-state index in [0.29, 0.717) is 31.0 Å². The standard InChI is InChI=1S/C31H35N5O5/c1-33(31(39)32-18-23-12-8-5-9-13-23)35-21-29(37)36-25(16-22-10-6-4-7-11-22)30(38)34(20-28(35)36)19-24-14-15-26(40-2)27(17-24)41-3/h4-15,17,25,28H,16,18-21H2,1-3H3,(H,32,39)/t25-,28+/m0/s1. The van der Waals surface area contributed by atoms with Crippen LogP contribution in [0.4, 0.5) is 4.79 Å². The first-order valence-corrected chi connectivity index (χ1v) is 13.6. The fourth-order valence-corrected chi connectivity index (χ4v) is 5.49. The Kier molecular flexibility index (Phi) is 8.39. The highest BCUT2D eigenvalue weighted by molar-refractivity contribution is 5.91. The number of urea groups is 1. The van der Waals surface area contributed by atoms with Crippen LogP contribution < -0.4 is 14.8 Å². The van der Waals surface area contributed by atoms with E-state index in [2.05, 4.69) is 5.32 Å². The second kappa shape index (κ2) is 12.3. The lowest BCUT2D eigenvalue weighted by Crippen LogP contribution is -2.65. The Morgan fingerprint density at radius 3 is 2.22 bits per heavy atom. The summed E-state index contributed by atoms with van der Waals surface area (Å²) in [5.74, 6) is 0.860. The van der Waals surface area contributed by atoms with E-state index in [-0.39, 0.29) is 30.9 Å². The molecule has 10 nitrogen and oxygen atoms in total. The number of hydrogen-bond donors (Lipinski definition) is 1. The molecule has 0 aromatic heterocycles. The maximum Gasteiger partial charge on any atom is 0.332 e. The van der Waals surface area contributed by atoms with Crippen LogP contribution in [-0.4, -0.2) is 84.2 Å². The van der Waals surface area contributed by atoms with Crippen molar-refractivity contribution in [2.45, 2.75) is 31.7 Å². The molecule has 10 heteroatoms. The summed E-state index contributed by atoms with van der Waals surface area (Å²) >= 11 is 0.